The molecule has 0 unspecified atom stereocenters. The highest BCUT2D eigenvalue weighted by molar-refractivity contribution is 5.47. The van der Waals surface area contributed by atoms with E-state index in [0.717, 1.165) is 38.4 Å². The lowest BCUT2D eigenvalue weighted by atomic mass is 10.1. The molecule has 29 heavy (non-hydrogen) atoms. The Bertz CT molecular complexity index is 1000. The molecule has 4 rings (SSSR count). The summed E-state index contributed by atoms with van der Waals surface area (Å²) in [5, 5.41) is 0. The third-order valence-electron chi connectivity index (χ3n) is 5.35. The number of rotatable bonds is 6. The van der Waals surface area contributed by atoms with Crippen LogP contribution in [0, 0.1) is 0 Å². The zero-order valence-corrected chi connectivity index (χ0v) is 16.9. The molecule has 8 nitrogen and oxygen atoms in total. The standard InChI is InChI=1S/C21H26N6O2/c1-24-10-12-25(13-11-24)20-17(4-3-8-22-20)7-9-26-14-15-27(21(26)28)18-5-6-19(29-2)23-16-18/h3-6,8,14-16H,7,9-13H2,1-2H3. The van der Waals surface area contributed by atoms with E-state index in [1.807, 2.05) is 24.5 Å². The van der Waals surface area contributed by atoms with Gasteiger partial charge in [0, 0.05) is 57.4 Å². The number of hydrogen-bond donors (Lipinski definition) is 0. The van der Waals surface area contributed by atoms with E-state index in [1.54, 1.807) is 34.7 Å². The fourth-order valence-electron chi connectivity index (χ4n) is 3.58. The van der Waals surface area contributed by atoms with E-state index >= 15 is 0 Å². The van der Waals surface area contributed by atoms with Gasteiger partial charge in [0.05, 0.1) is 19.0 Å². The van der Waals surface area contributed by atoms with Gasteiger partial charge in [0.25, 0.3) is 0 Å². The number of hydrogen-bond acceptors (Lipinski definition) is 6. The Hall–Kier alpha value is -3.13. The van der Waals surface area contributed by atoms with Crippen LogP contribution in [0.5, 0.6) is 5.88 Å². The summed E-state index contributed by atoms with van der Waals surface area (Å²) in [5.74, 6) is 1.56. The molecule has 0 saturated carbocycles. The van der Waals surface area contributed by atoms with Crippen molar-refractivity contribution in [2.24, 2.45) is 0 Å². The zero-order valence-electron chi connectivity index (χ0n) is 16.9. The first-order valence-corrected chi connectivity index (χ1v) is 9.81. The molecule has 1 aliphatic rings. The van der Waals surface area contributed by atoms with Crippen LogP contribution in [0.3, 0.4) is 0 Å². The quantitative estimate of drug-likeness (QED) is 0.630. The fraction of sp³-hybridized carbons (Fsp3) is 0.381. The number of anilines is 1. The van der Waals surface area contributed by atoms with Crippen LogP contribution in [0.2, 0.25) is 0 Å². The van der Waals surface area contributed by atoms with Crippen molar-refractivity contribution in [3.8, 4) is 11.6 Å². The van der Waals surface area contributed by atoms with Crippen LogP contribution in [0.1, 0.15) is 5.56 Å². The van der Waals surface area contributed by atoms with Gasteiger partial charge in [-0.3, -0.25) is 9.13 Å². The summed E-state index contributed by atoms with van der Waals surface area (Å²) in [4.78, 5) is 26.3. The number of aryl methyl sites for hydroxylation is 2. The van der Waals surface area contributed by atoms with E-state index in [1.165, 1.54) is 5.56 Å². The van der Waals surface area contributed by atoms with Crippen LogP contribution in [0.25, 0.3) is 5.69 Å². The number of nitrogens with zero attached hydrogens (tertiary/aromatic N) is 6. The lowest BCUT2D eigenvalue weighted by Gasteiger charge is -2.34. The number of aromatic nitrogens is 4. The molecular weight excluding hydrogens is 368 g/mol. The largest absolute Gasteiger partial charge is 0.481 e. The SMILES string of the molecule is COc1ccc(-n2ccn(CCc3cccnc3N3CCN(C)CC3)c2=O)cn1. The van der Waals surface area contributed by atoms with Gasteiger partial charge in [-0.1, -0.05) is 6.07 Å². The molecule has 3 aromatic heterocycles. The maximum Gasteiger partial charge on any atom is 0.332 e. The molecule has 3 aromatic rings. The Balaban J connectivity index is 1.49. The minimum atomic E-state index is -0.0815. The van der Waals surface area contributed by atoms with E-state index in [4.69, 9.17) is 4.74 Å². The molecule has 8 heteroatoms. The van der Waals surface area contributed by atoms with Crippen LogP contribution < -0.4 is 15.3 Å². The second-order valence-corrected chi connectivity index (χ2v) is 7.23. The molecule has 1 saturated heterocycles. The van der Waals surface area contributed by atoms with Crippen LogP contribution >= 0.6 is 0 Å². The van der Waals surface area contributed by atoms with Crippen LogP contribution in [-0.2, 0) is 13.0 Å². The monoisotopic (exact) mass is 394 g/mol. The summed E-state index contributed by atoms with van der Waals surface area (Å²) in [7, 11) is 3.71. The summed E-state index contributed by atoms with van der Waals surface area (Å²) in [6.07, 6.45) is 7.82. The smallest absolute Gasteiger partial charge is 0.332 e. The molecule has 0 aromatic carbocycles. The summed E-state index contributed by atoms with van der Waals surface area (Å²) in [6.45, 7) is 4.62. The van der Waals surface area contributed by atoms with Gasteiger partial charge in [-0.15, -0.1) is 0 Å². The first kappa shape index (κ1) is 19.2. The summed E-state index contributed by atoms with van der Waals surface area (Å²) >= 11 is 0. The van der Waals surface area contributed by atoms with Crippen LogP contribution in [0.15, 0.2) is 53.8 Å². The van der Waals surface area contributed by atoms with Crippen molar-refractivity contribution in [2.45, 2.75) is 13.0 Å². The minimum absolute atomic E-state index is 0.0815. The minimum Gasteiger partial charge on any atom is -0.481 e. The van der Waals surface area contributed by atoms with E-state index in [2.05, 4.69) is 32.9 Å². The zero-order chi connectivity index (χ0) is 20.2. The highest BCUT2D eigenvalue weighted by Crippen LogP contribution is 2.19. The summed E-state index contributed by atoms with van der Waals surface area (Å²) in [5.41, 5.74) is 1.80. The molecule has 0 aliphatic carbocycles. The van der Waals surface area contributed by atoms with Crippen molar-refractivity contribution in [1.82, 2.24) is 24.0 Å². The summed E-state index contributed by atoms with van der Waals surface area (Å²) in [6, 6.07) is 7.64. The Labute approximate surface area is 170 Å². The molecule has 0 spiro atoms. The Kier molecular flexibility index (Phi) is 5.62. The van der Waals surface area contributed by atoms with Gasteiger partial charge in [0.15, 0.2) is 0 Å². The average Bonchev–Trinajstić information content (AvgIpc) is 3.13. The molecule has 0 bridgehead atoms. The molecular formula is C21H26N6O2. The van der Waals surface area contributed by atoms with Crippen molar-refractivity contribution < 1.29 is 4.74 Å². The van der Waals surface area contributed by atoms with E-state index in [0.29, 0.717) is 18.1 Å². The predicted molar refractivity (Wildman–Crippen MR) is 112 cm³/mol. The van der Waals surface area contributed by atoms with Gasteiger partial charge in [0.2, 0.25) is 5.88 Å². The van der Waals surface area contributed by atoms with Gasteiger partial charge in [-0.2, -0.15) is 0 Å². The first-order valence-electron chi connectivity index (χ1n) is 9.81. The van der Waals surface area contributed by atoms with Gasteiger partial charge in [0.1, 0.15) is 5.82 Å². The Morgan fingerprint density at radius 3 is 2.62 bits per heavy atom. The van der Waals surface area contributed by atoms with Crippen molar-refractivity contribution in [3.05, 3.63) is 65.1 Å². The Morgan fingerprint density at radius 1 is 1.07 bits per heavy atom. The number of pyridine rings is 2. The Morgan fingerprint density at radius 2 is 1.90 bits per heavy atom. The van der Waals surface area contributed by atoms with E-state index in [-0.39, 0.29) is 5.69 Å². The maximum atomic E-state index is 12.8. The van der Waals surface area contributed by atoms with E-state index < -0.39 is 0 Å². The fourth-order valence-corrected chi connectivity index (χ4v) is 3.58. The lowest BCUT2D eigenvalue weighted by molar-refractivity contribution is 0.311. The molecule has 152 valence electrons. The van der Waals surface area contributed by atoms with Gasteiger partial charge in [-0.05, 0) is 31.2 Å². The highest BCUT2D eigenvalue weighted by Gasteiger charge is 2.18. The number of imidazole rings is 1. The molecule has 0 amide bonds. The van der Waals surface area contributed by atoms with Gasteiger partial charge < -0.3 is 14.5 Å². The average molecular weight is 394 g/mol. The van der Waals surface area contributed by atoms with Crippen molar-refractivity contribution in [3.63, 3.8) is 0 Å². The van der Waals surface area contributed by atoms with Crippen molar-refractivity contribution in [1.29, 1.82) is 0 Å². The molecule has 0 atom stereocenters. The molecule has 0 radical (unpaired) electrons. The number of likely N-dealkylation sites (N-methyl/N-ethyl adjacent to an activating group) is 1. The van der Waals surface area contributed by atoms with Crippen LogP contribution in [0.4, 0.5) is 5.82 Å². The number of ether oxygens (including phenoxy) is 1. The molecule has 0 N–H and O–H groups in total. The summed E-state index contributed by atoms with van der Waals surface area (Å²) < 4.78 is 8.40. The maximum absolute atomic E-state index is 12.8. The van der Waals surface area contributed by atoms with Crippen molar-refractivity contribution in [2.75, 3.05) is 45.2 Å². The molecule has 1 aliphatic heterocycles. The van der Waals surface area contributed by atoms with E-state index in [9.17, 15) is 4.79 Å². The number of methoxy groups -OCH3 is 1. The molecule has 1 fully saturated rings. The lowest BCUT2D eigenvalue weighted by Crippen LogP contribution is -2.45. The van der Waals surface area contributed by atoms with Crippen LogP contribution in [-0.4, -0.2) is 64.3 Å². The highest BCUT2D eigenvalue weighted by atomic mass is 16.5. The predicted octanol–water partition coefficient (Wildman–Crippen LogP) is 1.43. The normalized spacial score (nSPS) is 14.9. The topological polar surface area (TPSA) is 68.4 Å². The third kappa shape index (κ3) is 4.17. The first-order chi connectivity index (χ1) is 14.2. The number of piperazine rings is 1. The third-order valence-corrected chi connectivity index (χ3v) is 5.35. The van der Waals surface area contributed by atoms with Gasteiger partial charge in [-0.25, -0.2) is 14.8 Å². The molecule has 4 heterocycles. The second kappa shape index (κ2) is 8.48. The van der Waals surface area contributed by atoms with Crippen molar-refractivity contribution >= 4 is 5.82 Å². The van der Waals surface area contributed by atoms with Gasteiger partial charge >= 0.3 is 5.69 Å². The second-order valence-electron chi connectivity index (χ2n) is 7.23.